The summed E-state index contributed by atoms with van der Waals surface area (Å²) in [7, 11) is 1.97. The Hall–Kier alpha value is -1.48. The summed E-state index contributed by atoms with van der Waals surface area (Å²) in [6.45, 7) is 1.13. The number of carbonyl (C=O) groups is 1. The minimum Gasteiger partial charge on any atom is -0.353 e. The molecule has 1 atom stereocenters. The van der Waals surface area contributed by atoms with E-state index in [1.807, 2.05) is 29.6 Å². The first-order valence-electron chi connectivity index (χ1n) is 7.50. The Morgan fingerprint density at radius 2 is 2.36 bits per heavy atom. The number of anilines is 1. The van der Waals surface area contributed by atoms with Crippen LogP contribution < -0.4 is 4.31 Å². The van der Waals surface area contributed by atoms with Crippen LogP contribution in [0.5, 0.6) is 0 Å². The number of ketones is 1. The van der Waals surface area contributed by atoms with E-state index in [1.54, 1.807) is 0 Å². The van der Waals surface area contributed by atoms with Crippen molar-refractivity contribution < 1.29 is 14.3 Å². The van der Waals surface area contributed by atoms with Crippen LogP contribution in [0.1, 0.15) is 35.2 Å². The van der Waals surface area contributed by atoms with Crippen molar-refractivity contribution in [2.24, 2.45) is 0 Å². The summed E-state index contributed by atoms with van der Waals surface area (Å²) < 4.78 is 13.1. The molecule has 2 aliphatic rings. The number of carbonyl (C=O) groups excluding carboxylic acids is 1. The smallest absolute Gasteiger partial charge is 0.176 e. The maximum Gasteiger partial charge on any atom is 0.176 e. The van der Waals surface area contributed by atoms with Gasteiger partial charge in [-0.05, 0) is 49.4 Å². The van der Waals surface area contributed by atoms with Gasteiger partial charge in [-0.1, -0.05) is 11.8 Å². The lowest BCUT2D eigenvalue weighted by atomic mass is 10.1. The molecule has 0 bridgehead atoms. The van der Waals surface area contributed by atoms with E-state index in [0.29, 0.717) is 12.4 Å². The molecule has 1 aromatic rings. The van der Waals surface area contributed by atoms with Gasteiger partial charge in [-0.15, -0.1) is 0 Å². The van der Waals surface area contributed by atoms with Crippen molar-refractivity contribution in [3.05, 3.63) is 29.3 Å². The summed E-state index contributed by atoms with van der Waals surface area (Å²) in [6.07, 6.45) is 3.09. The van der Waals surface area contributed by atoms with E-state index in [2.05, 4.69) is 11.8 Å². The van der Waals surface area contributed by atoms with Crippen LogP contribution in [0.3, 0.4) is 0 Å². The predicted octanol–water partition coefficient (Wildman–Crippen LogP) is 2.86. The molecule has 5 heteroatoms. The summed E-state index contributed by atoms with van der Waals surface area (Å²) in [4.78, 5) is 12.0. The van der Waals surface area contributed by atoms with Gasteiger partial charge in [0, 0.05) is 24.8 Å². The quantitative estimate of drug-likeness (QED) is 0.619. The second-order valence-corrected chi connectivity index (χ2v) is 6.43. The molecule has 0 saturated carbocycles. The molecule has 22 heavy (non-hydrogen) atoms. The first-order chi connectivity index (χ1) is 10.7. The fraction of sp³-hybridized carbons (Fsp3) is 0.471. The molecule has 2 aliphatic heterocycles. The monoisotopic (exact) mass is 317 g/mol. The van der Waals surface area contributed by atoms with Gasteiger partial charge in [0.1, 0.15) is 6.61 Å². The molecule has 3 rings (SSSR count). The Balaban J connectivity index is 1.62. The molecule has 4 nitrogen and oxygen atoms in total. The van der Waals surface area contributed by atoms with Gasteiger partial charge in [0.15, 0.2) is 12.1 Å². The minimum absolute atomic E-state index is 0.112. The van der Waals surface area contributed by atoms with Gasteiger partial charge in [0.05, 0.1) is 11.4 Å². The van der Waals surface area contributed by atoms with Crippen LogP contribution in [-0.4, -0.2) is 38.1 Å². The van der Waals surface area contributed by atoms with Crippen molar-refractivity contribution in [2.75, 3.05) is 30.3 Å². The van der Waals surface area contributed by atoms with E-state index >= 15 is 0 Å². The predicted molar refractivity (Wildman–Crippen MR) is 88.1 cm³/mol. The van der Waals surface area contributed by atoms with Crippen LogP contribution in [0.4, 0.5) is 5.69 Å². The van der Waals surface area contributed by atoms with Gasteiger partial charge in [0.2, 0.25) is 0 Å². The summed E-state index contributed by atoms with van der Waals surface area (Å²) in [5.74, 6) is 6.71. The minimum atomic E-state index is -0.112. The first-order valence-corrected chi connectivity index (χ1v) is 8.44. The van der Waals surface area contributed by atoms with Crippen LogP contribution in [0, 0.1) is 11.8 Å². The number of fused-ring (bicyclic) bond motifs is 1. The molecule has 0 aromatic heterocycles. The van der Waals surface area contributed by atoms with Gasteiger partial charge >= 0.3 is 0 Å². The fourth-order valence-electron chi connectivity index (χ4n) is 2.53. The molecule has 0 aliphatic carbocycles. The van der Waals surface area contributed by atoms with Gasteiger partial charge in [-0.2, -0.15) is 0 Å². The lowest BCUT2D eigenvalue weighted by Gasteiger charge is -2.25. The third-order valence-corrected chi connectivity index (χ3v) is 4.71. The van der Waals surface area contributed by atoms with Gasteiger partial charge in [0.25, 0.3) is 0 Å². The second-order valence-electron chi connectivity index (χ2n) is 5.33. The van der Waals surface area contributed by atoms with Crippen molar-refractivity contribution >= 4 is 23.4 Å². The van der Waals surface area contributed by atoms with E-state index < -0.39 is 0 Å². The van der Waals surface area contributed by atoms with Crippen molar-refractivity contribution in [3.8, 4) is 11.8 Å². The lowest BCUT2D eigenvalue weighted by molar-refractivity contribution is -0.154. The molecule has 0 N–H and O–H groups in total. The van der Waals surface area contributed by atoms with Crippen LogP contribution in [0.2, 0.25) is 0 Å². The van der Waals surface area contributed by atoms with E-state index in [4.69, 9.17) is 9.47 Å². The number of nitrogens with zero attached hydrogens (tertiary/aromatic N) is 1. The molecule has 0 spiro atoms. The number of Topliss-reactive ketones (excluding diaryl/α,β-unsaturated/α-hetero) is 1. The first kappa shape index (κ1) is 15.4. The molecular weight excluding hydrogens is 298 g/mol. The van der Waals surface area contributed by atoms with Gasteiger partial charge in [-0.25, -0.2) is 0 Å². The Morgan fingerprint density at radius 3 is 3.18 bits per heavy atom. The third kappa shape index (κ3) is 3.64. The zero-order valence-electron chi connectivity index (χ0n) is 12.6. The van der Waals surface area contributed by atoms with E-state index in [0.717, 1.165) is 42.7 Å². The summed E-state index contributed by atoms with van der Waals surface area (Å²) in [5.41, 5.74) is 2.56. The normalized spacial score (nSPS) is 21.0. The van der Waals surface area contributed by atoms with Crippen LogP contribution >= 0.6 is 11.9 Å². The standard InChI is InChI=1S/C17H19NO3S/c1-18-15-8-7-13(11-14(15)16(19)12-22-18)5-4-10-21-17-6-2-3-9-20-17/h7-8,11,17H,2-3,6,9-10,12H2,1H3. The summed E-state index contributed by atoms with van der Waals surface area (Å²) >= 11 is 1.53. The number of ether oxygens (including phenoxy) is 2. The Labute approximate surface area is 135 Å². The van der Waals surface area contributed by atoms with Crippen LogP contribution in [0.15, 0.2) is 18.2 Å². The third-order valence-electron chi connectivity index (χ3n) is 3.74. The Kier molecular flexibility index (Phi) is 5.04. The average Bonchev–Trinajstić information content (AvgIpc) is 2.56. The van der Waals surface area contributed by atoms with Gasteiger partial charge in [-0.3, -0.25) is 4.79 Å². The Morgan fingerprint density at radius 1 is 1.45 bits per heavy atom. The number of rotatable bonds is 2. The van der Waals surface area contributed by atoms with Crippen molar-refractivity contribution in [3.63, 3.8) is 0 Å². The second kappa shape index (κ2) is 7.19. The number of benzene rings is 1. The largest absolute Gasteiger partial charge is 0.353 e. The SMILES string of the molecule is CN1SCC(=O)c2cc(C#CCOC3CCCCO3)ccc21. The zero-order chi connectivity index (χ0) is 15.4. The average molecular weight is 317 g/mol. The maximum absolute atomic E-state index is 12.0. The fourth-order valence-corrected chi connectivity index (χ4v) is 3.29. The molecule has 1 unspecified atom stereocenters. The van der Waals surface area contributed by atoms with Crippen LogP contribution in [-0.2, 0) is 9.47 Å². The van der Waals surface area contributed by atoms with Crippen molar-refractivity contribution in [2.45, 2.75) is 25.6 Å². The topological polar surface area (TPSA) is 38.8 Å². The van der Waals surface area contributed by atoms with Crippen molar-refractivity contribution in [1.82, 2.24) is 0 Å². The van der Waals surface area contributed by atoms with Gasteiger partial charge < -0.3 is 13.8 Å². The number of hydrogen-bond donors (Lipinski definition) is 0. The molecule has 0 radical (unpaired) electrons. The highest BCUT2D eigenvalue weighted by Gasteiger charge is 2.21. The maximum atomic E-state index is 12.0. The lowest BCUT2D eigenvalue weighted by Crippen LogP contribution is -2.22. The highest BCUT2D eigenvalue weighted by molar-refractivity contribution is 8.01. The molecule has 1 saturated heterocycles. The van der Waals surface area contributed by atoms with Crippen LogP contribution in [0.25, 0.3) is 0 Å². The van der Waals surface area contributed by atoms with Crippen molar-refractivity contribution in [1.29, 1.82) is 0 Å². The van der Waals surface area contributed by atoms with E-state index in [1.165, 1.54) is 11.9 Å². The summed E-state index contributed by atoms with van der Waals surface area (Å²) in [5, 5.41) is 0. The summed E-state index contributed by atoms with van der Waals surface area (Å²) in [6, 6.07) is 5.77. The highest BCUT2D eigenvalue weighted by Crippen LogP contribution is 2.31. The Bertz CT molecular complexity index is 614. The highest BCUT2D eigenvalue weighted by atomic mass is 32.2. The molecule has 1 aromatic carbocycles. The molecule has 0 amide bonds. The zero-order valence-corrected chi connectivity index (χ0v) is 13.4. The molecule has 1 fully saturated rings. The molecular formula is C17H19NO3S. The van der Waals surface area contributed by atoms with E-state index in [-0.39, 0.29) is 12.1 Å². The van der Waals surface area contributed by atoms with E-state index in [9.17, 15) is 4.79 Å². The molecule has 116 valence electrons. The molecule has 2 heterocycles. The number of hydrogen-bond acceptors (Lipinski definition) is 5.